The summed E-state index contributed by atoms with van der Waals surface area (Å²) in [6.07, 6.45) is 0. The van der Waals surface area contributed by atoms with Crippen molar-refractivity contribution in [1.29, 1.82) is 0 Å². The van der Waals surface area contributed by atoms with Gasteiger partial charge in [-0.3, -0.25) is 0 Å². The highest BCUT2D eigenvalue weighted by atomic mass is 16.3. The van der Waals surface area contributed by atoms with Gasteiger partial charge in [0.15, 0.2) is 0 Å². The number of para-hydroxylation sites is 2. The molecular weight excluding hydrogens is 673 g/mol. The zero-order valence-electron chi connectivity index (χ0n) is 31.1. The Bertz CT molecular complexity index is 3370. The molecule has 11 aromatic rings. The zero-order chi connectivity index (χ0) is 36.9. The smallest absolute Gasteiger partial charge is 0.143 e. The molecule has 55 heavy (non-hydrogen) atoms. The van der Waals surface area contributed by atoms with Crippen LogP contribution >= 0.6 is 0 Å². The van der Waals surface area contributed by atoms with Crippen LogP contribution in [0.3, 0.4) is 0 Å². The van der Waals surface area contributed by atoms with Crippen LogP contribution in [0, 0.1) is 27.7 Å². The van der Waals surface area contributed by atoms with Crippen LogP contribution in [0.4, 0.5) is 0 Å². The van der Waals surface area contributed by atoms with Crippen molar-refractivity contribution in [2.24, 2.45) is 0 Å². The number of hydrogen-bond donors (Lipinski definition) is 0. The van der Waals surface area contributed by atoms with E-state index in [0.29, 0.717) is 0 Å². The molecule has 11 rings (SSSR count). The van der Waals surface area contributed by atoms with E-state index in [2.05, 4.69) is 155 Å². The van der Waals surface area contributed by atoms with E-state index in [1.54, 1.807) is 0 Å². The maximum atomic E-state index is 6.73. The molecular formula is C52H36O3. The molecule has 0 spiro atoms. The summed E-state index contributed by atoms with van der Waals surface area (Å²) in [5.41, 5.74) is 19.3. The predicted octanol–water partition coefficient (Wildman–Crippen LogP) is 15.3. The largest absolute Gasteiger partial charge is 0.456 e. The highest BCUT2D eigenvalue weighted by Crippen LogP contribution is 2.44. The summed E-state index contributed by atoms with van der Waals surface area (Å²) in [5, 5.41) is 6.77. The summed E-state index contributed by atoms with van der Waals surface area (Å²) in [5.74, 6) is 0. The van der Waals surface area contributed by atoms with Gasteiger partial charge in [0.05, 0.1) is 0 Å². The summed E-state index contributed by atoms with van der Waals surface area (Å²) < 4.78 is 19.5. The molecule has 3 nitrogen and oxygen atoms in total. The van der Waals surface area contributed by atoms with E-state index in [9.17, 15) is 0 Å². The minimum atomic E-state index is 0.881. The lowest BCUT2D eigenvalue weighted by molar-refractivity contribution is 0.666. The van der Waals surface area contributed by atoms with Gasteiger partial charge in [-0.25, -0.2) is 0 Å². The van der Waals surface area contributed by atoms with Crippen LogP contribution in [0.15, 0.2) is 159 Å². The first-order chi connectivity index (χ1) is 26.9. The lowest BCUT2D eigenvalue weighted by atomic mass is 9.91. The maximum Gasteiger partial charge on any atom is 0.143 e. The highest BCUT2D eigenvalue weighted by Gasteiger charge is 2.20. The molecule has 3 heterocycles. The maximum absolute atomic E-state index is 6.73. The Hall–Kier alpha value is -6.84. The van der Waals surface area contributed by atoms with E-state index in [1.807, 2.05) is 18.2 Å². The van der Waals surface area contributed by atoms with Crippen molar-refractivity contribution >= 4 is 65.8 Å². The summed E-state index contributed by atoms with van der Waals surface area (Å²) in [7, 11) is 0. The van der Waals surface area contributed by atoms with Crippen LogP contribution < -0.4 is 0 Å². The Labute approximate surface area is 318 Å². The molecule has 262 valence electrons. The van der Waals surface area contributed by atoms with E-state index >= 15 is 0 Å². The zero-order valence-corrected chi connectivity index (χ0v) is 31.1. The summed E-state index contributed by atoms with van der Waals surface area (Å²) >= 11 is 0. The van der Waals surface area contributed by atoms with Gasteiger partial charge in [0.25, 0.3) is 0 Å². The fourth-order valence-corrected chi connectivity index (χ4v) is 8.73. The molecule has 3 aromatic heterocycles. The summed E-state index contributed by atoms with van der Waals surface area (Å²) in [6, 6.07) is 52.2. The van der Waals surface area contributed by atoms with E-state index < -0.39 is 0 Å². The molecule has 0 radical (unpaired) electrons. The van der Waals surface area contributed by atoms with Gasteiger partial charge >= 0.3 is 0 Å². The molecule has 8 aromatic carbocycles. The van der Waals surface area contributed by atoms with Gasteiger partial charge in [-0.15, -0.1) is 0 Å². The number of benzene rings is 8. The topological polar surface area (TPSA) is 39.4 Å². The van der Waals surface area contributed by atoms with Crippen molar-refractivity contribution in [2.45, 2.75) is 27.7 Å². The second-order valence-corrected chi connectivity index (χ2v) is 15.2. The first-order valence-electron chi connectivity index (χ1n) is 18.9. The Morgan fingerprint density at radius 2 is 0.873 bits per heavy atom. The average Bonchev–Trinajstić information content (AvgIpc) is 3.89. The standard InChI is InChI=1S/C52H36O3/c1-29-10-9-11-33(20-29)37-26-41(51-46(28-37)40-13-6-8-15-48(40)54-51)35-16-18-38(31(3)23-35)43-21-30(2)22-44-42-25-34(17-19-49(42)55-52(43)44)36-24-32(4)50-45(27-36)39-12-5-7-14-47(39)53-50/h5-28H,1-4H3. The van der Waals surface area contributed by atoms with Gasteiger partial charge in [-0.05, 0) is 138 Å². The van der Waals surface area contributed by atoms with Crippen LogP contribution in [0.1, 0.15) is 22.3 Å². The van der Waals surface area contributed by atoms with Gasteiger partial charge in [0.1, 0.15) is 33.5 Å². The minimum Gasteiger partial charge on any atom is -0.456 e. The molecule has 0 aliphatic heterocycles. The van der Waals surface area contributed by atoms with Crippen LogP contribution in [0.5, 0.6) is 0 Å². The number of hydrogen-bond acceptors (Lipinski definition) is 3. The van der Waals surface area contributed by atoms with Gasteiger partial charge in [-0.1, -0.05) is 90.5 Å². The number of rotatable bonds is 4. The van der Waals surface area contributed by atoms with Crippen molar-refractivity contribution in [1.82, 2.24) is 0 Å². The molecule has 0 bridgehead atoms. The molecule has 3 heteroatoms. The predicted molar refractivity (Wildman–Crippen MR) is 229 cm³/mol. The summed E-state index contributed by atoms with van der Waals surface area (Å²) in [6.45, 7) is 8.65. The van der Waals surface area contributed by atoms with Gasteiger partial charge < -0.3 is 13.3 Å². The van der Waals surface area contributed by atoms with Crippen LogP contribution in [-0.2, 0) is 0 Å². The van der Waals surface area contributed by atoms with Crippen molar-refractivity contribution in [3.05, 3.63) is 168 Å². The lowest BCUT2D eigenvalue weighted by Gasteiger charge is -2.13. The normalized spacial score (nSPS) is 12.0. The first kappa shape index (κ1) is 31.7. The van der Waals surface area contributed by atoms with Crippen molar-refractivity contribution in [3.8, 4) is 44.5 Å². The molecule has 0 aliphatic rings. The van der Waals surface area contributed by atoms with Crippen LogP contribution in [0.2, 0.25) is 0 Å². The molecule has 0 fully saturated rings. The van der Waals surface area contributed by atoms with E-state index in [1.165, 1.54) is 27.8 Å². The van der Waals surface area contributed by atoms with Gasteiger partial charge in [-0.2, -0.15) is 0 Å². The quantitative estimate of drug-likeness (QED) is 0.183. The van der Waals surface area contributed by atoms with Crippen molar-refractivity contribution < 1.29 is 13.3 Å². The Morgan fingerprint density at radius 1 is 0.291 bits per heavy atom. The van der Waals surface area contributed by atoms with E-state index in [4.69, 9.17) is 13.3 Å². The molecule has 0 unspecified atom stereocenters. The molecule has 0 saturated carbocycles. The molecule has 0 amide bonds. The fraction of sp³-hybridized carbons (Fsp3) is 0.0769. The number of aryl methyl sites for hydroxylation is 4. The molecule has 0 saturated heterocycles. The Morgan fingerprint density at radius 3 is 1.62 bits per heavy atom. The highest BCUT2D eigenvalue weighted by molar-refractivity contribution is 6.13. The van der Waals surface area contributed by atoms with E-state index in [0.717, 1.165) is 105 Å². The Kier molecular flexibility index (Phi) is 6.81. The summed E-state index contributed by atoms with van der Waals surface area (Å²) in [4.78, 5) is 0. The van der Waals surface area contributed by atoms with E-state index in [-0.39, 0.29) is 0 Å². The monoisotopic (exact) mass is 708 g/mol. The van der Waals surface area contributed by atoms with Gasteiger partial charge in [0.2, 0.25) is 0 Å². The third-order valence-electron chi connectivity index (χ3n) is 11.4. The molecule has 0 atom stereocenters. The SMILES string of the molecule is Cc1cccc(-c2cc(-c3ccc(-c4cc(C)cc5c4oc4ccc(-c6cc(C)c7oc8ccccc8c7c6)cc45)c(C)c3)c3oc4ccccc4c3c2)c1. The minimum absolute atomic E-state index is 0.881. The average molecular weight is 709 g/mol. The van der Waals surface area contributed by atoms with Crippen molar-refractivity contribution in [2.75, 3.05) is 0 Å². The van der Waals surface area contributed by atoms with Crippen LogP contribution in [-0.4, -0.2) is 0 Å². The third-order valence-corrected chi connectivity index (χ3v) is 11.4. The second-order valence-electron chi connectivity index (χ2n) is 15.2. The number of furan rings is 3. The lowest BCUT2D eigenvalue weighted by Crippen LogP contribution is -1.89. The Balaban J connectivity index is 1.05. The molecule has 0 aliphatic carbocycles. The van der Waals surface area contributed by atoms with Crippen LogP contribution in [0.25, 0.3) is 110 Å². The van der Waals surface area contributed by atoms with Crippen molar-refractivity contribution in [3.63, 3.8) is 0 Å². The number of fused-ring (bicyclic) bond motifs is 9. The second kappa shape index (κ2) is 11.8. The third kappa shape index (κ3) is 4.97. The molecule has 0 N–H and O–H groups in total. The van der Waals surface area contributed by atoms with Gasteiger partial charge in [0, 0.05) is 43.4 Å². The fourth-order valence-electron chi connectivity index (χ4n) is 8.73. The first-order valence-corrected chi connectivity index (χ1v) is 18.9.